The zero-order valence-corrected chi connectivity index (χ0v) is 15.0. The molecule has 1 aromatic heterocycles. The second-order valence-electron chi connectivity index (χ2n) is 5.49. The molecule has 3 N–H and O–H groups in total. The molecule has 0 saturated heterocycles. The van der Waals surface area contributed by atoms with Gasteiger partial charge in [-0.3, -0.25) is 25.2 Å². The predicted octanol–water partition coefficient (Wildman–Crippen LogP) is 0.693. The Morgan fingerprint density at radius 3 is 2.30 bits per heavy atom. The lowest BCUT2D eigenvalue weighted by Gasteiger charge is -2.09. The molecule has 0 aliphatic heterocycles. The van der Waals surface area contributed by atoms with E-state index in [1.807, 2.05) is 0 Å². The maximum Gasteiger partial charge on any atom is 0.327 e. The zero-order valence-electron chi connectivity index (χ0n) is 15.0. The van der Waals surface area contributed by atoms with Gasteiger partial charge < -0.3 is 19.2 Å². The number of aryl methyl sites for hydroxylation is 1. The molecule has 0 fully saturated rings. The minimum Gasteiger partial charge on any atom is -0.497 e. The van der Waals surface area contributed by atoms with Crippen LogP contribution in [0.25, 0.3) is 0 Å². The van der Waals surface area contributed by atoms with Gasteiger partial charge in [0.2, 0.25) is 5.91 Å². The molecule has 1 aromatic carbocycles. The highest BCUT2D eigenvalue weighted by molar-refractivity contribution is 6.35. The number of nitrogens with one attached hydrogen (secondary N) is 3. The number of hydrogen-bond donors (Lipinski definition) is 3. The van der Waals surface area contributed by atoms with Crippen molar-refractivity contribution < 1.29 is 28.3 Å². The molecule has 0 radical (unpaired) electrons. The normalized spacial score (nSPS) is 10.0. The van der Waals surface area contributed by atoms with Gasteiger partial charge in [-0.15, -0.1) is 0 Å². The number of furan rings is 1. The SMILES string of the molecule is COc1cc(CCC(=O)NNC(=O)C(=O)NCc2ccco2)cc(OC)c1. The molecule has 9 nitrogen and oxygen atoms in total. The van der Waals surface area contributed by atoms with Crippen molar-refractivity contribution in [3.8, 4) is 11.5 Å². The first-order valence-electron chi connectivity index (χ1n) is 8.13. The van der Waals surface area contributed by atoms with Crippen LogP contribution in [0, 0.1) is 0 Å². The molecule has 0 atom stereocenters. The largest absolute Gasteiger partial charge is 0.497 e. The van der Waals surface area contributed by atoms with Crippen molar-refractivity contribution in [3.63, 3.8) is 0 Å². The predicted molar refractivity (Wildman–Crippen MR) is 94.7 cm³/mol. The quantitative estimate of drug-likeness (QED) is 0.484. The number of benzene rings is 1. The minimum atomic E-state index is -0.974. The van der Waals surface area contributed by atoms with E-state index in [0.29, 0.717) is 23.7 Å². The Kier molecular flexibility index (Phi) is 7.24. The van der Waals surface area contributed by atoms with Crippen LogP contribution in [0.15, 0.2) is 41.0 Å². The summed E-state index contributed by atoms with van der Waals surface area (Å²) in [6.07, 6.45) is 1.96. The Labute approximate surface area is 156 Å². The zero-order chi connectivity index (χ0) is 19.6. The Morgan fingerprint density at radius 2 is 1.70 bits per heavy atom. The number of ether oxygens (including phenoxy) is 2. The monoisotopic (exact) mass is 375 g/mol. The molecule has 0 bridgehead atoms. The van der Waals surface area contributed by atoms with Crippen molar-refractivity contribution in [1.29, 1.82) is 0 Å². The van der Waals surface area contributed by atoms with Crippen LogP contribution in [0.1, 0.15) is 17.7 Å². The van der Waals surface area contributed by atoms with Gasteiger partial charge in [-0.25, -0.2) is 0 Å². The lowest BCUT2D eigenvalue weighted by Crippen LogP contribution is -2.48. The second kappa shape index (κ2) is 9.85. The number of carbonyl (C=O) groups excluding carboxylic acids is 3. The highest BCUT2D eigenvalue weighted by Gasteiger charge is 2.14. The fourth-order valence-corrected chi connectivity index (χ4v) is 2.18. The van der Waals surface area contributed by atoms with Gasteiger partial charge in [0.15, 0.2) is 0 Å². The Bertz CT molecular complexity index is 766. The average molecular weight is 375 g/mol. The maximum absolute atomic E-state index is 11.9. The number of rotatable bonds is 7. The first-order valence-corrected chi connectivity index (χ1v) is 8.13. The second-order valence-corrected chi connectivity index (χ2v) is 5.49. The molecule has 27 heavy (non-hydrogen) atoms. The standard InChI is InChI=1S/C18H21N3O6/c1-25-14-8-12(9-15(10-14)26-2)5-6-16(22)20-21-18(24)17(23)19-11-13-4-3-7-27-13/h3-4,7-10H,5-6,11H2,1-2H3,(H,19,23)(H,20,22)(H,21,24). The van der Waals surface area contributed by atoms with Gasteiger partial charge in [-0.1, -0.05) is 0 Å². The van der Waals surface area contributed by atoms with E-state index in [1.54, 1.807) is 30.3 Å². The number of hydrogen-bond acceptors (Lipinski definition) is 6. The summed E-state index contributed by atoms with van der Waals surface area (Å²) in [7, 11) is 3.08. The third-order valence-corrected chi connectivity index (χ3v) is 3.58. The van der Waals surface area contributed by atoms with Crippen LogP contribution in [0.5, 0.6) is 11.5 Å². The molecule has 0 aliphatic rings. The first-order chi connectivity index (χ1) is 13.0. The van der Waals surface area contributed by atoms with Crippen LogP contribution < -0.4 is 25.6 Å². The fourth-order valence-electron chi connectivity index (χ4n) is 2.18. The van der Waals surface area contributed by atoms with Crippen LogP contribution in [0.4, 0.5) is 0 Å². The molecule has 0 spiro atoms. The van der Waals surface area contributed by atoms with Crippen LogP contribution in [-0.4, -0.2) is 31.9 Å². The number of carbonyl (C=O) groups is 3. The van der Waals surface area contributed by atoms with Crippen LogP contribution in [0.3, 0.4) is 0 Å². The molecule has 2 rings (SSSR count). The van der Waals surface area contributed by atoms with Gasteiger partial charge >= 0.3 is 11.8 Å². The van der Waals surface area contributed by atoms with Crippen LogP contribution in [0.2, 0.25) is 0 Å². The first kappa shape index (κ1) is 19.8. The summed E-state index contributed by atoms with van der Waals surface area (Å²) in [5, 5.41) is 2.37. The number of hydrazine groups is 1. The van der Waals surface area contributed by atoms with E-state index < -0.39 is 17.7 Å². The van der Waals surface area contributed by atoms with Gasteiger partial charge in [-0.05, 0) is 36.2 Å². The van der Waals surface area contributed by atoms with Crippen molar-refractivity contribution in [1.82, 2.24) is 16.2 Å². The number of methoxy groups -OCH3 is 2. The molecule has 0 unspecified atom stereocenters. The Hall–Kier alpha value is -3.49. The lowest BCUT2D eigenvalue weighted by molar-refractivity contribution is -0.141. The molecule has 9 heteroatoms. The smallest absolute Gasteiger partial charge is 0.327 e. The minimum absolute atomic E-state index is 0.0743. The molecule has 3 amide bonds. The molecular formula is C18H21N3O6. The van der Waals surface area contributed by atoms with E-state index in [1.165, 1.54) is 20.5 Å². The summed E-state index contributed by atoms with van der Waals surface area (Å²) in [5.41, 5.74) is 5.10. The molecule has 1 heterocycles. The van der Waals surface area contributed by atoms with Gasteiger partial charge in [-0.2, -0.15) is 0 Å². The van der Waals surface area contributed by atoms with Gasteiger partial charge in [0.1, 0.15) is 17.3 Å². The Morgan fingerprint density at radius 1 is 1.00 bits per heavy atom. The highest BCUT2D eigenvalue weighted by Crippen LogP contribution is 2.23. The summed E-state index contributed by atoms with van der Waals surface area (Å²) in [6.45, 7) is 0.0743. The fraction of sp³-hybridized carbons (Fsp3) is 0.278. The molecule has 0 aliphatic carbocycles. The molecule has 0 saturated carbocycles. The van der Waals surface area contributed by atoms with E-state index >= 15 is 0 Å². The van der Waals surface area contributed by atoms with E-state index in [9.17, 15) is 14.4 Å². The van der Waals surface area contributed by atoms with Crippen molar-refractivity contribution in [2.45, 2.75) is 19.4 Å². The third-order valence-electron chi connectivity index (χ3n) is 3.58. The highest BCUT2D eigenvalue weighted by atomic mass is 16.5. The number of amides is 3. The van der Waals surface area contributed by atoms with Gasteiger partial charge in [0, 0.05) is 12.5 Å². The molecular weight excluding hydrogens is 354 g/mol. The Balaban J connectivity index is 1.74. The summed E-state index contributed by atoms with van der Waals surface area (Å²) >= 11 is 0. The van der Waals surface area contributed by atoms with E-state index in [2.05, 4.69) is 16.2 Å². The van der Waals surface area contributed by atoms with Crippen LogP contribution in [-0.2, 0) is 27.3 Å². The van der Waals surface area contributed by atoms with Crippen molar-refractivity contribution in [3.05, 3.63) is 47.9 Å². The van der Waals surface area contributed by atoms with Gasteiger partial charge in [0.05, 0.1) is 27.0 Å². The van der Waals surface area contributed by atoms with E-state index in [4.69, 9.17) is 13.9 Å². The van der Waals surface area contributed by atoms with E-state index in [0.717, 1.165) is 5.56 Å². The summed E-state index contributed by atoms with van der Waals surface area (Å²) in [6, 6.07) is 8.63. The summed E-state index contributed by atoms with van der Waals surface area (Å²) in [5.74, 6) is -0.558. The van der Waals surface area contributed by atoms with Crippen molar-refractivity contribution in [2.24, 2.45) is 0 Å². The maximum atomic E-state index is 11.9. The molecule has 2 aromatic rings. The van der Waals surface area contributed by atoms with Crippen molar-refractivity contribution in [2.75, 3.05) is 14.2 Å². The summed E-state index contributed by atoms with van der Waals surface area (Å²) < 4.78 is 15.4. The van der Waals surface area contributed by atoms with Crippen LogP contribution >= 0.6 is 0 Å². The topological polar surface area (TPSA) is 119 Å². The third kappa shape index (κ3) is 6.38. The van der Waals surface area contributed by atoms with Gasteiger partial charge in [0.25, 0.3) is 0 Å². The average Bonchev–Trinajstić information content (AvgIpc) is 3.21. The van der Waals surface area contributed by atoms with E-state index in [-0.39, 0.29) is 13.0 Å². The molecule has 144 valence electrons. The summed E-state index contributed by atoms with van der Waals surface area (Å²) in [4.78, 5) is 35.1. The lowest BCUT2D eigenvalue weighted by atomic mass is 10.1. The van der Waals surface area contributed by atoms with Crippen molar-refractivity contribution >= 4 is 17.7 Å².